The fourth-order valence-electron chi connectivity index (χ4n) is 1.71. The molecule has 8 nitrogen and oxygen atoms in total. The van der Waals surface area contributed by atoms with Crippen molar-refractivity contribution in [3.05, 3.63) is 67.1 Å². The predicted molar refractivity (Wildman–Crippen MR) is 77.9 cm³/mol. The number of esters is 1. The van der Waals surface area contributed by atoms with Gasteiger partial charge in [-0.05, 0) is 18.6 Å². The van der Waals surface area contributed by atoms with E-state index in [4.69, 9.17) is 4.74 Å². The lowest BCUT2D eigenvalue weighted by molar-refractivity contribution is -0.385. The van der Waals surface area contributed by atoms with Crippen molar-refractivity contribution in [2.24, 2.45) is 0 Å². The van der Waals surface area contributed by atoms with E-state index in [-0.39, 0.29) is 15.6 Å². The van der Waals surface area contributed by atoms with Gasteiger partial charge in [-0.1, -0.05) is 23.5 Å². The van der Waals surface area contributed by atoms with Crippen LogP contribution in [0.3, 0.4) is 0 Å². The second-order valence-electron chi connectivity index (χ2n) is 4.29. The molecule has 0 fully saturated rings. The molecule has 0 aliphatic carbocycles. The fourth-order valence-corrected chi connectivity index (χ4v) is 2.42. The summed E-state index contributed by atoms with van der Waals surface area (Å²) in [6, 6.07) is 8.27. The van der Waals surface area contributed by atoms with Gasteiger partial charge in [0, 0.05) is 18.2 Å². The van der Waals surface area contributed by atoms with Crippen LogP contribution in [0.25, 0.3) is 0 Å². The van der Waals surface area contributed by atoms with Crippen molar-refractivity contribution < 1.29 is 19.4 Å². The highest BCUT2D eigenvalue weighted by Crippen LogP contribution is 2.27. The number of hydrogen-bond donors (Lipinski definition) is 0. The molecule has 0 unspecified atom stereocenters. The van der Waals surface area contributed by atoms with Crippen LogP contribution < -0.4 is 0 Å². The summed E-state index contributed by atoms with van der Waals surface area (Å²) >= 11 is 0.712. The van der Waals surface area contributed by atoms with Crippen molar-refractivity contribution in [3.8, 4) is 0 Å². The number of benzene rings is 1. The molecule has 0 radical (unpaired) electrons. The van der Waals surface area contributed by atoms with E-state index in [2.05, 4.69) is 0 Å². The Bertz CT molecular complexity index is 742. The van der Waals surface area contributed by atoms with Gasteiger partial charge in [-0.3, -0.25) is 20.2 Å². The lowest BCUT2D eigenvalue weighted by Gasteiger charge is -2.12. The summed E-state index contributed by atoms with van der Waals surface area (Å²) in [5, 5.41) is 21.1. The molecular formula is C13H10N2O6S. The molecule has 9 heteroatoms. The topological polar surface area (TPSA) is 113 Å². The fraction of sp³-hybridized carbons (Fsp3) is 0.154. The minimum atomic E-state index is -0.714. The van der Waals surface area contributed by atoms with Gasteiger partial charge in [0.15, 0.2) is 0 Å². The highest BCUT2D eigenvalue weighted by molar-refractivity contribution is 7.17. The van der Waals surface area contributed by atoms with E-state index in [1.54, 1.807) is 13.0 Å². The molecule has 114 valence electrons. The van der Waals surface area contributed by atoms with E-state index in [1.807, 2.05) is 0 Å². The van der Waals surface area contributed by atoms with E-state index in [0.717, 1.165) is 0 Å². The van der Waals surface area contributed by atoms with Crippen LogP contribution in [-0.2, 0) is 4.74 Å². The third kappa shape index (κ3) is 3.44. The smallest absolute Gasteiger partial charge is 0.349 e. The average molecular weight is 322 g/mol. The summed E-state index contributed by atoms with van der Waals surface area (Å²) in [7, 11) is 0. The summed E-state index contributed by atoms with van der Waals surface area (Å²) in [5.74, 6) is -0.711. The second-order valence-corrected chi connectivity index (χ2v) is 5.36. The Kier molecular flexibility index (Phi) is 4.47. The number of hydrogen-bond acceptors (Lipinski definition) is 7. The number of ether oxygens (including phenoxy) is 1. The van der Waals surface area contributed by atoms with Gasteiger partial charge in [-0.2, -0.15) is 0 Å². The predicted octanol–water partition coefficient (Wildman–Crippen LogP) is 3.48. The SMILES string of the molecule is C[C@H](OC(=O)c1ccc([N+](=O)[O-])s1)c1cccc([N+](=O)[O-])c1. The normalized spacial score (nSPS) is 11.7. The molecular weight excluding hydrogens is 312 g/mol. The summed E-state index contributed by atoms with van der Waals surface area (Å²) in [5.41, 5.74) is 0.362. The maximum Gasteiger partial charge on any atom is 0.349 e. The Labute approximate surface area is 128 Å². The van der Waals surface area contributed by atoms with Crippen LogP contribution in [0.2, 0.25) is 0 Å². The Balaban J connectivity index is 2.12. The molecule has 2 rings (SSSR count). The molecule has 0 spiro atoms. The first-order valence-electron chi connectivity index (χ1n) is 6.08. The molecule has 0 saturated carbocycles. The van der Waals surface area contributed by atoms with Crippen LogP contribution in [0, 0.1) is 20.2 Å². The number of carbonyl (C=O) groups excluding carboxylic acids is 1. The van der Waals surface area contributed by atoms with Crippen LogP contribution in [0.15, 0.2) is 36.4 Å². The largest absolute Gasteiger partial charge is 0.454 e. The van der Waals surface area contributed by atoms with Crippen molar-refractivity contribution in [3.63, 3.8) is 0 Å². The van der Waals surface area contributed by atoms with Crippen LogP contribution in [0.1, 0.15) is 28.3 Å². The maximum atomic E-state index is 11.9. The molecule has 0 aliphatic heterocycles. The van der Waals surface area contributed by atoms with E-state index >= 15 is 0 Å². The van der Waals surface area contributed by atoms with Crippen LogP contribution >= 0.6 is 11.3 Å². The summed E-state index contributed by atoms with van der Waals surface area (Å²) in [4.78, 5) is 32.2. The lowest BCUT2D eigenvalue weighted by Crippen LogP contribution is -2.08. The van der Waals surface area contributed by atoms with Crippen LogP contribution in [-0.4, -0.2) is 15.8 Å². The molecule has 1 aromatic carbocycles. The highest BCUT2D eigenvalue weighted by Gasteiger charge is 2.20. The number of thiophene rings is 1. The number of nitrogens with zero attached hydrogens (tertiary/aromatic N) is 2. The van der Waals surface area contributed by atoms with E-state index in [1.165, 1.54) is 30.3 Å². The van der Waals surface area contributed by atoms with Gasteiger partial charge in [0.25, 0.3) is 5.69 Å². The molecule has 22 heavy (non-hydrogen) atoms. The Morgan fingerprint density at radius 2 is 1.91 bits per heavy atom. The van der Waals surface area contributed by atoms with Crippen LogP contribution in [0.4, 0.5) is 10.7 Å². The quantitative estimate of drug-likeness (QED) is 0.473. The Morgan fingerprint density at radius 3 is 2.50 bits per heavy atom. The summed E-state index contributed by atoms with van der Waals surface area (Å²) < 4.78 is 5.18. The van der Waals surface area contributed by atoms with Crippen molar-refractivity contribution in [2.45, 2.75) is 13.0 Å². The number of nitro groups is 2. The first-order chi connectivity index (χ1) is 10.4. The van der Waals surface area contributed by atoms with E-state index < -0.39 is 21.9 Å². The summed E-state index contributed by atoms with van der Waals surface area (Å²) in [6.07, 6.45) is -0.714. The van der Waals surface area contributed by atoms with Crippen molar-refractivity contribution in [1.29, 1.82) is 0 Å². The van der Waals surface area contributed by atoms with E-state index in [0.29, 0.717) is 16.9 Å². The molecule has 0 N–H and O–H groups in total. The molecule has 2 aromatic rings. The number of non-ortho nitro benzene ring substituents is 1. The van der Waals surface area contributed by atoms with Crippen molar-refractivity contribution in [2.75, 3.05) is 0 Å². The van der Waals surface area contributed by atoms with Gasteiger partial charge >= 0.3 is 11.0 Å². The van der Waals surface area contributed by atoms with E-state index in [9.17, 15) is 25.0 Å². The highest BCUT2D eigenvalue weighted by atomic mass is 32.1. The Hall–Kier alpha value is -2.81. The zero-order chi connectivity index (χ0) is 16.3. The van der Waals surface area contributed by atoms with Crippen molar-refractivity contribution >= 4 is 28.0 Å². The molecule has 0 aliphatic rings. The minimum absolute atomic E-state index is 0.101. The van der Waals surface area contributed by atoms with Gasteiger partial charge in [-0.15, -0.1) is 0 Å². The third-order valence-corrected chi connectivity index (χ3v) is 3.82. The average Bonchev–Trinajstić information content (AvgIpc) is 2.97. The molecule has 1 heterocycles. The second kappa shape index (κ2) is 6.31. The Morgan fingerprint density at radius 1 is 1.18 bits per heavy atom. The minimum Gasteiger partial charge on any atom is -0.454 e. The lowest BCUT2D eigenvalue weighted by atomic mass is 10.1. The molecule has 0 amide bonds. The molecule has 1 atom stereocenters. The van der Waals surface area contributed by atoms with Gasteiger partial charge < -0.3 is 4.74 Å². The first kappa shape index (κ1) is 15.6. The number of nitro benzene ring substituents is 1. The zero-order valence-electron chi connectivity index (χ0n) is 11.3. The number of rotatable bonds is 5. The molecule has 1 aromatic heterocycles. The maximum absolute atomic E-state index is 11.9. The monoisotopic (exact) mass is 322 g/mol. The third-order valence-electron chi connectivity index (χ3n) is 2.81. The molecule has 0 saturated heterocycles. The molecule has 0 bridgehead atoms. The standard InChI is InChI=1S/C13H10N2O6S/c1-8(9-3-2-4-10(7-9)14(17)18)21-13(16)11-5-6-12(22-11)15(19)20/h2-8H,1H3/t8-/m0/s1. The first-order valence-corrected chi connectivity index (χ1v) is 6.89. The summed E-state index contributed by atoms with van der Waals surface area (Å²) in [6.45, 7) is 1.57. The van der Waals surface area contributed by atoms with Gasteiger partial charge in [0.2, 0.25) is 0 Å². The van der Waals surface area contributed by atoms with Crippen LogP contribution in [0.5, 0.6) is 0 Å². The zero-order valence-corrected chi connectivity index (χ0v) is 12.1. The van der Waals surface area contributed by atoms with Gasteiger partial charge in [-0.25, -0.2) is 4.79 Å². The number of carbonyl (C=O) groups is 1. The van der Waals surface area contributed by atoms with Gasteiger partial charge in [0.1, 0.15) is 11.0 Å². The van der Waals surface area contributed by atoms with Crippen molar-refractivity contribution in [1.82, 2.24) is 0 Å². The van der Waals surface area contributed by atoms with Gasteiger partial charge in [0.05, 0.1) is 9.85 Å².